The fourth-order valence-corrected chi connectivity index (χ4v) is 3.24. The molecule has 0 saturated carbocycles. The fraction of sp³-hybridized carbons (Fsp3) is 0.111. The minimum absolute atomic E-state index is 0.102. The molecule has 0 aliphatic carbocycles. The van der Waals surface area contributed by atoms with Crippen LogP contribution in [0.1, 0.15) is 16.0 Å². The summed E-state index contributed by atoms with van der Waals surface area (Å²) in [5.74, 6) is -0.141. The Balaban J connectivity index is 1.97. The first-order valence-electron chi connectivity index (χ1n) is 6.61. The molecule has 0 aliphatic heterocycles. The number of benzene rings is 3. The van der Waals surface area contributed by atoms with Crippen LogP contribution in [0.2, 0.25) is 0 Å². The summed E-state index contributed by atoms with van der Waals surface area (Å²) in [5.41, 5.74) is 1.94. The molecule has 2 heteroatoms. The van der Waals surface area contributed by atoms with Crippen LogP contribution < -0.4 is 0 Å². The molecule has 0 radical (unpaired) electrons. The number of hydrogen-bond donors (Lipinski definition) is 0. The van der Waals surface area contributed by atoms with E-state index < -0.39 is 0 Å². The minimum atomic E-state index is -0.141. The third kappa shape index (κ3) is 2.61. The third-order valence-electron chi connectivity index (χ3n) is 3.52. The molecule has 0 saturated heterocycles. The van der Waals surface area contributed by atoms with Gasteiger partial charge in [0.25, 0.3) is 0 Å². The molecule has 0 N–H and O–H groups in total. The van der Waals surface area contributed by atoms with E-state index in [1.54, 1.807) is 6.07 Å². The van der Waals surface area contributed by atoms with Gasteiger partial charge in [-0.25, -0.2) is 4.39 Å². The van der Waals surface area contributed by atoms with Crippen LogP contribution in [0.5, 0.6) is 0 Å². The Morgan fingerprint density at radius 2 is 1.55 bits per heavy atom. The molecule has 0 fully saturated rings. The Kier molecular flexibility index (Phi) is 3.83. The molecule has 1 atom stereocenters. The van der Waals surface area contributed by atoms with E-state index in [0.29, 0.717) is 6.42 Å². The lowest BCUT2D eigenvalue weighted by atomic mass is 9.98. The largest absolute Gasteiger partial charge is 0.207 e. The van der Waals surface area contributed by atoms with Crippen LogP contribution in [0.4, 0.5) is 4.39 Å². The van der Waals surface area contributed by atoms with E-state index in [1.807, 2.05) is 30.3 Å². The summed E-state index contributed by atoms with van der Waals surface area (Å²) < 4.78 is 13.8. The fourth-order valence-electron chi connectivity index (χ4n) is 2.49. The lowest BCUT2D eigenvalue weighted by Gasteiger charge is -2.14. The Bertz CT molecular complexity index is 731. The Labute approximate surface area is 126 Å². The van der Waals surface area contributed by atoms with Crippen LogP contribution in [0.3, 0.4) is 0 Å². The molecule has 100 valence electrons. The Morgan fingerprint density at radius 1 is 0.850 bits per heavy atom. The SMILES string of the molecule is Fc1ccccc1CC(Br)c1cccc2ccccc12. The Morgan fingerprint density at radius 3 is 2.40 bits per heavy atom. The lowest BCUT2D eigenvalue weighted by molar-refractivity contribution is 0.608. The van der Waals surface area contributed by atoms with Crippen molar-refractivity contribution in [1.82, 2.24) is 0 Å². The van der Waals surface area contributed by atoms with E-state index in [4.69, 9.17) is 0 Å². The van der Waals surface area contributed by atoms with Crippen LogP contribution in [0, 0.1) is 5.82 Å². The first-order valence-corrected chi connectivity index (χ1v) is 7.52. The highest BCUT2D eigenvalue weighted by Gasteiger charge is 2.13. The van der Waals surface area contributed by atoms with Gasteiger partial charge in [0.05, 0.1) is 0 Å². The van der Waals surface area contributed by atoms with Gasteiger partial charge in [0.15, 0.2) is 0 Å². The minimum Gasteiger partial charge on any atom is -0.207 e. The molecule has 3 rings (SSSR count). The first-order chi connectivity index (χ1) is 9.75. The highest BCUT2D eigenvalue weighted by molar-refractivity contribution is 9.09. The second-order valence-electron chi connectivity index (χ2n) is 4.83. The monoisotopic (exact) mass is 328 g/mol. The van der Waals surface area contributed by atoms with Crippen LogP contribution in [-0.4, -0.2) is 0 Å². The van der Waals surface area contributed by atoms with Crippen molar-refractivity contribution in [2.45, 2.75) is 11.2 Å². The van der Waals surface area contributed by atoms with E-state index in [9.17, 15) is 4.39 Å². The number of alkyl halides is 1. The maximum atomic E-state index is 13.8. The molecular weight excluding hydrogens is 315 g/mol. The first kappa shape index (κ1) is 13.3. The summed E-state index contributed by atoms with van der Waals surface area (Å²) in [5, 5.41) is 2.43. The van der Waals surface area contributed by atoms with Gasteiger partial charge < -0.3 is 0 Å². The molecule has 0 spiro atoms. The lowest BCUT2D eigenvalue weighted by Crippen LogP contribution is -1.98. The van der Waals surface area contributed by atoms with Gasteiger partial charge in [-0.15, -0.1) is 0 Å². The number of fused-ring (bicyclic) bond motifs is 1. The van der Waals surface area contributed by atoms with Crippen molar-refractivity contribution < 1.29 is 4.39 Å². The van der Waals surface area contributed by atoms with Crippen molar-refractivity contribution in [2.24, 2.45) is 0 Å². The molecule has 0 bridgehead atoms. The topological polar surface area (TPSA) is 0 Å². The second kappa shape index (κ2) is 5.76. The van der Waals surface area contributed by atoms with Gasteiger partial charge in [-0.1, -0.05) is 76.6 Å². The maximum absolute atomic E-state index is 13.8. The predicted octanol–water partition coefficient (Wildman–Crippen LogP) is 5.66. The normalized spacial score (nSPS) is 12.5. The van der Waals surface area contributed by atoms with Crippen LogP contribution >= 0.6 is 15.9 Å². The second-order valence-corrected chi connectivity index (χ2v) is 5.94. The van der Waals surface area contributed by atoms with Crippen molar-refractivity contribution >= 4 is 26.7 Å². The van der Waals surface area contributed by atoms with Crippen LogP contribution in [0.15, 0.2) is 66.7 Å². The molecule has 0 aromatic heterocycles. The van der Waals surface area contributed by atoms with Crippen molar-refractivity contribution in [3.05, 3.63) is 83.7 Å². The quantitative estimate of drug-likeness (QED) is 0.544. The molecule has 0 nitrogen and oxygen atoms in total. The molecule has 20 heavy (non-hydrogen) atoms. The number of halogens is 2. The van der Waals surface area contributed by atoms with E-state index in [1.165, 1.54) is 22.4 Å². The summed E-state index contributed by atoms with van der Waals surface area (Å²) in [6, 6.07) is 21.5. The van der Waals surface area contributed by atoms with Crippen molar-refractivity contribution in [2.75, 3.05) is 0 Å². The van der Waals surface area contributed by atoms with E-state index in [2.05, 4.69) is 40.2 Å². The molecule has 0 heterocycles. The van der Waals surface area contributed by atoms with Gasteiger partial charge in [0, 0.05) is 4.83 Å². The smallest absolute Gasteiger partial charge is 0.126 e. The highest BCUT2D eigenvalue weighted by Crippen LogP contribution is 2.33. The summed E-state index contributed by atoms with van der Waals surface area (Å²) >= 11 is 3.71. The summed E-state index contributed by atoms with van der Waals surface area (Å²) in [7, 11) is 0. The van der Waals surface area contributed by atoms with E-state index >= 15 is 0 Å². The van der Waals surface area contributed by atoms with E-state index in [-0.39, 0.29) is 10.6 Å². The molecule has 0 aliphatic rings. The summed E-state index contributed by atoms with van der Waals surface area (Å²) in [4.78, 5) is 0.102. The van der Waals surface area contributed by atoms with Gasteiger partial charge in [0.2, 0.25) is 0 Å². The molecule has 0 amide bonds. The standard InChI is InChI=1S/C18H14BrF/c19-17(12-14-7-2-4-11-18(14)20)16-10-5-8-13-6-1-3-9-15(13)16/h1-11,17H,12H2. The zero-order valence-corrected chi connectivity index (χ0v) is 12.5. The highest BCUT2D eigenvalue weighted by atomic mass is 79.9. The van der Waals surface area contributed by atoms with Crippen LogP contribution in [0.25, 0.3) is 10.8 Å². The predicted molar refractivity (Wildman–Crippen MR) is 85.7 cm³/mol. The molecular formula is C18H14BrF. The molecule has 3 aromatic rings. The average molecular weight is 329 g/mol. The summed E-state index contributed by atoms with van der Waals surface area (Å²) in [6.07, 6.45) is 0.640. The van der Waals surface area contributed by atoms with Gasteiger partial charge in [-0.05, 0) is 34.4 Å². The van der Waals surface area contributed by atoms with Crippen LogP contribution in [-0.2, 0) is 6.42 Å². The number of hydrogen-bond acceptors (Lipinski definition) is 0. The molecule has 1 unspecified atom stereocenters. The van der Waals surface area contributed by atoms with Gasteiger partial charge >= 0.3 is 0 Å². The van der Waals surface area contributed by atoms with Crippen molar-refractivity contribution in [1.29, 1.82) is 0 Å². The van der Waals surface area contributed by atoms with E-state index in [0.717, 1.165) is 5.56 Å². The Hall–Kier alpha value is -1.67. The zero-order valence-electron chi connectivity index (χ0n) is 10.9. The third-order valence-corrected chi connectivity index (χ3v) is 4.33. The molecule has 3 aromatic carbocycles. The van der Waals surface area contributed by atoms with Gasteiger partial charge in [0.1, 0.15) is 5.82 Å². The zero-order chi connectivity index (χ0) is 13.9. The van der Waals surface area contributed by atoms with Crippen molar-refractivity contribution in [3.8, 4) is 0 Å². The average Bonchev–Trinajstić information content (AvgIpc) is 2.49. The van der Waals surface area contributed by atoms with Gasteiger partial charge in [-0.3, -0.25) is 0 Å². The van der Waals surface area contributed by atoms with Crippen molar-refractivity contribution in [3.63, 3.8) is 0 Å². The summed E-state index contributed by atoms with van der Waals surface area (Å²) in [6.45, 7) is 0. The number of rotatable bonds is 3. The van der Waals surface area contributed by atoms with Gasteiger partial charge in [-0.2, -0.15) is 0 Å². The maximum Gasteiger partial charge on any atom is 0.126 e.